The molecule has 168 valence electrons. The molecule has 0 unspecified atom stereocenters. The Morgan fingerprint density at radius 2 is 0.893 bits per heavy atom. The van der Waals surface area contributed by atoms with Crippen LogP contribution in [-0.4, -0.2) is 66.1 Å². The average Bonchev–Trinajstić information content (AvgIpc) is 2.70. The highest BCUT2D eigenvalue weighted by molar-refractivity contribution is 4.91. The third-order valence-corrected chi connectivity index (χ3v) is 6.99. The van der Waals surface area contributed by atoms with Gasteiger partial charge in [0.15, 0.2) is 0 Å². The molecule has 0 saturated carbocycles. The molecule has 0 aromatic carbocycles. The number of ether oxygens (including phenoxy) is 5. The molecule has 1 heterocycles. The smallest absolute Gasteiger partial charge is 0.0701 e. The van der Waals surface area contributed by atoms with E-state index in [0.717, 1.165) is 32.5 Å². The van der Waals surface area contributed by atoms with Crippen LogP contribution in [0.5, 0.6) is 0 Å². The van der Waals surface area contributed by atoms with Gasteiger partial charge in [0.2, 0.25) is 0 Å². The highest BCUT2D eigenvalue weighted by Gasteiger charge is 2.43. The van der Waals surface area contributed by atoms with Crippen molar-refractivity contribution >= 4 is 0 Å². The van der Waals surface area contributed by atoms with E-state index in [0.29, 0.717) is 64.7 Å². The summed E-state index contributed by atoms with van der Waals surface area (Å²) in [5.74, 6) is 0.875. The highest BCUT2D eigenvalue weighted by atomic mass is 16.6. The minimum atomic E-state index is 0.188. The van der Waals surface area contributed by atoms with E-state index in [1.54, 1.807) is 0 Å². The number of hydrogen-bond donors (Lipinski definition) is 0. The Morgan fingerprint density at radius 3 is 1.25 bits per heavy atom. The van der Waals surface area contributed by atoms with Gasteiger partial charge in [-0.2, -0.15) is 0 Å². The Labute approximate surface area is 173 Å². The highest BCUT2D eigenvalue weighted by Crippen LogP contribution is 2.47. The molecule has 0 bridgehead atoms. The predicted molar refractivity (Wildman–Crippen MR) is 114 cm³/mol. The number of hydrogen-bond acceptors (Lipinski definition) is 5. The molecule has 0 aliphatic carbocycles. The van der Waals surface area contributed by atoms with Crippen molar-refractivity contribution in [1.29, 1.82) is 0 Å². The van der Waals surface area contributed by atoms with Crippen LogP contribution in [0.4, 0.5) is 0 Å². The quantitative estimate of drug-likeness (QED) is 0.674. The Bertz CT molecular complexity index is 381. The van der Waals surface area contributed by atoms with E-state index < -0.39 is 0 Å². The van der Waals surface area contributed by atoms with Crippen LogP contribution in [-0.2, 0) is 23.7 Å². The van der Waals surface area contributed by atoms with Crippen molar-refractivity contribution < 1.29 is 23.7 Å². The topological polar surface area (TPSA) is 46.2 Å². The Hall–Kier alpha value is -0.200. The molecule has 2 atom stereocenters. The lowest BCUT2D eigenvalue weighted by Crippen LogP contribution is -2.44. The lowest BCUT2D eigenvalue weighted by molar-refractivity contribution is -0.0776. The second-order valence-electron chi connectivity index (χ2n) is 8.90. The maximum absolute atomic E-state index is 6.15. The summed E-state index contributed by atoms with van der Waals surface area (Å²) < 4.78 is 29.0. The molecular formula is C23H46O5. The van der Waals surface area contributed by atoms with Gasteiger partial charge in [-0.15, -0.1) is 0 Å². The third kappa shape index (κ3) is 8.66. The van der Waals surface area contributed by atoms with Crippen molar-refractivity contribution in [2.75, 3.05) is 66.1 Å². The van der Waals surface area contributed by atoms with Crippen LogP contribution in [0.2, 0.25) is 0 Å². The molecule has 1 fully saturated rings. The van der Waals surface area contributed by atoms with E-state index in [1.165, 1.54) is 0 Å². The van der Waals surface area contributed by atoms with Crippen molar-refractivity contribution in [2.45, 2.75) is 60.8 Å². The first-order valence-electron chi connectivity index (χ1n) is 11.3. The number of rotatable bonds is 5. The van der Waals surface area contributed by atoms with Gasteiger partial charge in [-0.25, -0.2) is 0 Å². The lowest BCUT2D eigenvalue weighted by Gasteiger charge is -2.47. The first-order chi connectivity index (χ1) is 13.4. The van der Waals surface area contributed by atoms with Gasteiger partial charge in [0, 0.05) is 0 Å². The molecule has 0 radical (unpaired) electrons. The fraction of sp³-hybridized carbons (Fsp3) is 1.00. The van der Waals surface area contributed by atoms with Gasteiger partial charge in [-0.1, -0.05) is 60.8 Å². The van der Waals surface area contributed by atoms with Crippen molar-refractivity contribution in [3.05, 3.63) is 0 Å². The Balaban J connectivity index is 2.92. The predicted octanol–water partition coefficient (Wildman–Crippen LogP) is 4.58. The largest absolute Gasteiger partial charge is 0.379 e. The molecule has 5 nitrogen and oxygen atoms in total. The monoisotopic (exact) mass is 402 g/mol. The molecule has 0 aromatic heterocycles. The summed E-state index contributed by atoms with van der Waals surface area (Å²) in [4.78, 5) is 0. The van der Waals surface area contributed by atoms with Gasteiger partial charge in [-0.05, 0) is 22.7 Å². The van der Waals surface area contributed by atoms with Crippen LogP contribution >= 0.6 is 0 Å². The second kappa shape index (κ2) is 13.9. The Kier molecular flexibility index (Phi) is 12.8. The van der Waals surface area contributed by atoms with Crippen LogP contribution < -0.4 is 0 Å². The second-order valence-corrected chi connectivity index (χ2v) is 8.90. The molecule has 0 aromatic rings. The van der Waals surface area contributed by atoms with Crippen LogP contribution in [0.25, 0.3) is 0 Å². The zero-order chi connectivity index (χ0) is 20.9. The summed E-state index contributed by atoms with van der Waals surface area (Å²) in [5.41, 5.74) is 0.419. The summed E-state index contributed by atoms with van der Waals surface area (Å²) >= 11 is 0. The molecule has 1 aliphatic rings. The molecule has 1 aliphatic heterocycles. The van der Waals surface area contributed by atoms with E-state index >= 15 is 0 Å². The third-order valence-electron chi connectivity index (χ3n) is 6.99. The average molecular weight is 403 g/mol. The molecule has 1 rings (SSSR count). The zero-order valence-electron chi connectivity index (χ0n) is 19.4. The molecule has 0 N–H and O–H groups in total. The maximum Gasteiger partial charge on any atom is 0.0701 e. The zero-order valence-corrected chi connectivity index (χ0v) is 19.4. The molecule has 28 heavy (non-hydrogen) atoms. The van der Waals surface area contributed by atoms with Crippen LogP contribution in [0.3, 0.4) is 0 Å². The van der Waals surface area contributed by atoms with Crippen LogP contribution in [0.15, 0.2) is 0 Å². The van der Waals surface area contributed by atoms with Gasteiger partial charge < -0.3 is 23.7 Å². The van der Waals surface area contributed by atoms with Crippen LogP contribution in [0, 0.1) is 22.7 Å². The summed E-state index contributed by atoms with van der Waals surface area (Å²) in [6, 6.07) is 0. The summed E-state index contributed by atoms with van der Waals surface area (Å²) in [6.45, 7) is 20.4. The van der Waals surface area contributed by atoms with Gasteiger partial charge >= 0.3 is 0 Å². The molecular weight excluding hydrogens is 356 g/mol. The van der Waals surface area contributed by atoms with E-state index in [-0.39, 0.29) is 10.8 Å². The van der Waals surface area contributed by atoms with Gasteiger partial charge in [0.05, 0.1) is 66.1 Å². The van der Waals surface area contributed by atoms with Crippen molar-refractivity contribution in [3.63, 3.8) is 0 Å². The van der Waals surface area contributed by atoms with Crippen molar-refractivity contribution in [1.82, 2.24) is 0 Å². The van der Waals surface area contributed by atoms with Crippen molar-refractivity contribution in [3.8, 4) is 0 Å². The molecule has 1 saturated heterocycles. The first-order valence-corrected chi connectivity index (χ1v) is 11.3. The van der Waals surface area contributed by atoms with E-state index in [1.807, 2.05) is 0 Å². The van der Waals surface area contributed by atoms with Gasteiger partial charge in [0.1, 0.15) is 0 Å². The first kappa shape index (κ1) is 25.8. The SMILES string of the molecule is CCC(C)(C)[C@@H]1COCCOCCOCCOCCOC[C@H]1C(C)(CC)CC. The molecule has 5 heteroatoms. The summed E-state index contributed by atoms with van der Waals surface area (Å²) in [7, 11) is 0. The fourth-order valence-corrected chi connectivity index (χ4v) is 3.92. The maximum atomic E-state index is 6.15. The van der Waals surface area contributed by atoms with E-state index in [4.69, 9.17) is 23.7 Å². The van der Waals surface area contributed by atoms with Gasteiger partial charge in [-0.3, -0.25) is 0 Å². The van der Waals surface area contributed by atoms with E-state index in [9.17, 15) is 0 Å². The van der Waals surface area contributed by atoms with Crippen LogP contribution in [0.1, 0.15) is 60.8 Å². The fourth-order valence-electron chi connectivity index (χ4n) is 3.92. The van der Waals surface area contributed by atoms with Gasteiger partial charge in [0.25, 0.3) is 0 Å². The normalized spacial score (nSPS) is 25.9. The summed E-state index contributed by atoms with van der Waals surface area (Å²) in [6.07, 6.45) is 3.41. The standard InChI is InChI=1S/C23H46O5/c1-7-22(4,5)20-18-27-16-14-25-12-10-24-11-13-26-15-17-28-19-21(20)23(6,8-2)9-3/h20-21H,7-19H2,1-6H3/t20-,21-/m1/s1. The van der Waals surface area contributed by atoms with E-state index in [2.05, 4.69) is 41.5 Å². The minimum absolute atomic E-state index is 0.188. The Morgan fingerprint density at radius 1 is 0.536 bits per heavy atom. The summed E-state index contributed by atoms with van der Waals surface area (Å²) in [5, 5.41) is 0. The molecule has 0 amide bonds. The molecule has 0 spiro atoms. The lowest BCUT2D eigenvalue weighted by atomic mass is 9.60. The minimum Gasteiger partial charge on any atom is -0.379 e. The van der Waals surface area contributed by atoms with Crippen molar-refractivity contribution in [2.24, 2.45) is 22.7 Å².